The molecule has 2 aromatic rings. The van der Waals surface area contributed by atoms with Crippen LogP contribution in [0.15, 0.2) is 48.5 Å². The van der Waals surface area contributed by atoms with Gasteiger partial charge < -0.3 is 0 Å². The van der Waals surface area contributed by atoms with Gasteiger partial charge in [0, 0.05) is 0 Å². The molecule has 2 aromatic carbocycles. The molecule has 29 heavy (non-hydrogen) atoms. The number of aryl methyl sites for hydroxylation is 2. The summed E-state index contributed by atoms with van der Waals surface area (Å²) >= 11 is 0. The van der Waals surface area contributed by atoms with E-state index in [-0.39, 0.29) is 7.43 Å². The van der Waals surface area contributed by atoms with E-state index in [0.717, 1.165) is 11.8 Å². The highest BCUT2D eigenvalue weighted by atomic mass is 14.1. The summed E-state index contributed by atoms with van der Waals surface area (Å²) < 4.78 is 0. The van der Waals surface area contributed by atoms with Crippen molar-refractivity contribution in [2.75, 3.05) is 0 Å². The van der Waals surface area contributed by atoms with Crippen molar-refractivity contribution in [3.63, 3.8) is 0 Å². The van der Waals surface area contributed by atoms with E-state index < -0.39 is 0 Å². The lowest BCUT2D eigenvalue weighted by Crippen LogP contribution is -1.94. The average molecular weight is 397 g/mol. The molecule has 0 aromatic heterocycles. The molecular weight excluding hydrogens is 348 g/mol. The Morgan fingerprint density at radius 2 is 0.897 bits per heavy atom. The summed E-state index contributed by atoms with van der Waals surface area (Å²) in [5.74, 6) is 2.90. The van der Waals surface area contributed by atoms with Crippen LogP contribution < -0.4 is 0 Å². The molecule has 164 valence electrons. The van der Waals surface area contributed by atoms with E-state index >= 15 is 0 Å². The summed E-state index contributed by atoms with van der Waals surface area (Å²) in [4.78, 5) is 0. The molecule has 0 amide bonds. The van der Waals surface area contributed by atoms with Crippen molar-refractivity contribution in [3.05, 3.63) is 70.8 Å². The van der Waals surface area contributed by atoms with E-state index in [4.69, 9.17) is 0 Å². The van der Waals surface area contributed by atoms with Crippen LogP contribution >= 0.6 is 0 Å². The third-order valence-electron chi connectivity index (χ3n) is 5.26. The third-order valence-corrected chi connectivity index (χ3v) is 5.26. The minimum absolute atomic E-state index is 0. The third kappa shape index (κ3) is 11.9. The SMILES string of the molecule is C.CC(C)CCc1cccc(C(C)C)c1.CC(C)CCc1cccc(C(C)C)c1. The van der Waals surface area contributed by atoms with Crippen LogP contribution in [0.2, 0.25) is 0 Å². The van der Waals surface area contributed by atoms with Crippen molar-refractivity contribution in [1.82, 2.24) is 0 Å². The molecule has 0 N–H and O–H groups in total. The first-order valence-electron chi connectivity index (χ1n) is 11.4. The van der Waals surface area contributed by atoms with Gasteiger partial charge in [-0.15, -0.1) is 0 Å². The molecule has 0 saturated heterocycles. The van der Waals surface area contributed by atoms with Crippen molar-refractivity contribution < 1.29 is 0 Å². The number of rotatable bonds is 8. The Hall–Kier alpha value is -1.56. The fourth-order valence-electron chi connectivity index (χ4n) is 3.13. The van der Waals surface area contributed by atoms with Gasteiger partial charge in [0.25, 0.3) is 0 Å². The van der Waals surface area contributed by atoms with Gasteiger partial charge in [-0.3, -0.25) is 0 Å². The van der Waals surface area contributed by atoms with Crippen LogP contribution in [0.1, 0.15) is 110 Å². The second kappa shape index (κ2) is 14.4. The highest BCUT2D eigenvalue weighted by Crippen LogP contribution is 2.18. The predicted molar refractivity (Wildman–Crippen MR) is 134 cm³/mol. The molecule has 0 heteroatoms. The molecule has 0 atom stereocenters. The summed E-state index contributed by atoms with van der Waals surface area (Å²) in [6.07, 6.45) is 5.03. The molecule has 0 aliphatic carbocycles. The van der Waals surface area contributed by atoms with Crippen molar-refractivity contribution in [2.24, 2.45) is 11.8 Å². The smallest absolute Gasteiger partial charge is 0.0219 e. The summed E-state index contributed by atoms with van der Waals surface area (Å²) in [5.41, 5.74) is 5.91. The van der Waals surface area contributed by atoms with E-state index in [1.54, 1.807) is 0 Å². The lowest BCUT2D eigenvalue weighted by atomic mass is 9.97. The van der Waals surface area contributed by atoms with Gasteiger partial charge in [-0.2, -0.15) is 0 Å². The fourth-order valence-corrected chi connectivity index (χ4v) is 3.13. The predicted octanol–water partition coefficient (Wildman–Crippen LogP) is 9.43. The van der Waals surface area contributed by atoms with Crippen molar-refractivity contribution in [1.29, 1.82) is 0 Å². The highest BCUT2D eigenvalue weighted by molar-refractivity contribution is 5.26. The molecule has 0 unspecified atom stereocenters. The zero-order valence-corrected chi connectivity index (χ0v) is 19.8. The van der Waals surface area contributed by atoms with Crippen LogP contribution in [-0.4, -0.2) is 0 Å². The zero-order chi connectivity index (χ0) is 21.1. The minimum Gasteiger partial charge on any atom is -0.0776 e. The second-order valence-electron chi connectivity index (χ2n) is 9.66. The molecule has 0 aliphatic rings. The Balaban J connectivity index is 0.000000523. The maximum atomic E-state index is 2.35. The monoisotopic (exact) mass is 396 g/mol. The number of benzene rings is 2. The van der Waals surface area contributed by atoms with E-state index in [2.05, 4.69) is 104 Å². The first-order valence-corrected chi connectivity index (χ1v) is 11.4. The Morgan fingerprint density at radius 1 is 0.552 bits per heavy atom. The number of hydrogen-bond donors (Lipinski definition) is 0. The van der Waals surface area contributed by atoms with Crippen LogP contribution in [0.25, 0.3) is 0 Å². The minimum atomic E-state index is 0. The van der Waals surface area contributed by atoms with Crippen molar-refractivity contribution in [3.8, 4) is 0 Å². The molecule has 0 aliphatic heterocycles. The first kappa shape index (κ1) is 27.4. The Kier molecular flexibility index (Phi) is 13.7. The van der Waals surface area contributed by atoms with E-state index in [9.17, 15) is 0 Å². The molecule has 0 heterocycles. The maximum Gasteiger partial charge on any atom is -0.0219 e. The fraction of sp³-hybridized carbons (Fsp3) is 0.586. The van der Waals surface area contributed by atoms with Gasteiger partial charge in [-0.25, -0.2) is 0 Å². The molecule has 0 bridgehead atoms. The molecule has 0 nitrogen and oxygen atoms in total. The zero-order valence-electron chi connectivity index (χ0n) is 19.8. The largest absolute Gasteiger partial charge is 0.0776 e. The molecule has 0 radical (unpaired) electrons. The Morgan fingerprint density at radius 3 is 1.17 bits per heavy atom. The van der Waals surface area contributed by atoms with E-state index in [0.29, 0.717) is 11.8 Å². The topological polar surface area (TPSA) is 0 Å². The van der Waals surface area contributed by atoms with Gasteiger partial charge in [-0.05, 0) is 71.6 Å². The van der Waals surface area contributed by atoms with Crippen molar-refractivity contribution in [2.45, 2.75) is 100 Å². The summed E-state index contributed by atoms with van der Waals surface area (Å²) in [5, 5.41) is 0. The average Bonchev–Trinajstić information content (AvgIpc) is 2.65. The van der Waals surface area contributed by atoms with Crippen molar-refractivity contribution >= 4 is 0 Å². The van der Waals surface area contributed by atoms with Crippen LogP contribution in [0.4, 0.5) is 0 Å². The lowest BCUT2D eigenvalue weighted by molar-refractivity contribution is 0.586. The van der Waals surface area contributed by atoms with Crippen LogP contribution in [0, 0.1) is 11.8 Å². The molecule has 2 rings (SSSR count). The quantitative estimate of drug-likeness (QED) is 0.417. The standard InChI is InChI=1S/2C14H22.CH4/c2*1-11(2)8-9-13-6-5-7-14(10-13)12(3)4;/h2*5-7,10-12H,8-9H2,1-4H3;1H4. The molecule has 0 fully saturated rings. The van der Waals surface area contributed by atoms with Gasteiger partial charge in [0.2, 0.25) is 0 Å². The molecule has 0 saturated carbocycles. The Bertz CT molecular complexity index is 602. The van der Waals surface area contributed by atoms with Gasteiger partial charge >= 0.3 is 0 Å². The molecular formula is C29H48. The van der Waals surface area contributed by atoms with E-state index in [1.165, 1.54) is 47.9 Å². The second-order valence-corrected chi connectivity index (χ2v) is 9.66. The highest BCUT2D eigenvalue weighted by Gasteiger charge is 2.02. The summed E-state index contributed by atoms with van der Waals surface area (Å²) in [7, 11) is 0. The normalized spacial score (nSPS) is 10.9. The van der Waals surface area contributed by atoms with Gasteiger partial charge in [0.1, 0.15) is 0 Å². The van der Waals surface area contributed by atoms with E-state index in [1.807, 2.05) is 0 Å². The number of hydrogen-bond acceptors (Lipinski definition) is 0. The lowest BCUT2D eigenvalue weighted by Gasteiger charge is -2.09. The Labute approximate surface area is 183 Å². The van der Waals surface area contributed by atoms with Crippen LogP contribution in [-0.2, 0) is 12.8 Å². The summed E-state index contributed by atoms with van der Waals surface area (Å²) in [6.45, 7) is 18.1. The molecule has 0 spiro atoms. The summed E-state index contributed by atoms with van der Waals surface area (Å²) in [6, 6.07) is 18.0. The van der Waals surface area contributed by atoms with Crippen LogP contribution in [0.3, 0.4) is 0 Å². The van der Waals surface area contributed by atoms with Gasteiger partial charge in [0.05, 0.1) is 0 Å². The van der Waals surface area contributed by atoms with Crippen LogP contribution in [0.5, 0.6) is 0 Å². The first-order chi connectivity index (χ1) is 13.2. The van der Waals surface area contributed by atoms with Gasteiger partial charge in [0.15, 0.2) is 0 Å². The van der Waals surface area contributed by atoms with Gasteiger partial charge in [-0.1, -0.05) is 111 Å². The maximum absolute atomic E-state index is 2.35.